The van der Waals surface area contributed by atoms with Crippen LogP contribution in [0.2, 0.25) is 0 Å². The van der Waals surface area contributed by atoms with Gasteiger partial charge >= 0.3 is 0 Å². The number of nitro benzene ring substituents is 1. The molecule has 0 fully saturated rings. The number of rotatable bonds is 6. The van der Waals surface area contributed by atoms with Crippen LogP contribution in [0.15, 0.2) is 53.0 Å². The monoisotopic (exact) mass is 391 g/mol. The maximum absolute atomic E-state index is 12.3. The van der Waals surface area contributed by atoms with Crippen LogP contribution in [0.4, 0.5) is 5.69 Å². The van der Waals surface area contributed by atoms with Gasteiger partial charge in [-0.25, -0.2) is 0 Å². The van der Waals surface area contributed by atoms with Crippen LogP contribution in [0.3, 0.4) is 0 Å². The molecular formula is C16H14BrN3O4. The molecule has 1 atom stereocenters. The Morgan fingerprint density at radius 1 is 1.21 bits per heavy atom. The minimum atomic E-state index is -0.935. The number of amides is 2. The summed E-state index contributed by atoms with van der Waals surface area (Å²) in [6.07, 6.45) is 0.206. The van der Waals surface area contributed by atoms with Gasteiger partial charge in [-0.15, -0.1) is 0 Å². The predicted molar refractivity (Wildman–Crippen MR) is 91.4 cm³/mol. The first-order valence-corrected chi connectivity index (χ1v) is 7.76. The fraction of sp³-hybridized carbons (Fsp3) is 0.125. The van der Waals surface area contributed by atoms with Gasteiger partial charge in [-0.3, -0.25) is 19.7 Å². The van der Waals surface area contributed by atoms with E-state index in [4.69, 9.17) is 5.73 Å². The molecule has 2 aromatic rings. The van der Waals surface area contributed by atoms with Gasteiger partial charge in [-0.05, 0) is 17.7 Å². The Morgan fingerprint density at radius 3 is 2.54 bits per heavy atom. The lowest BCUT2D eigenvalue weighted by molar-refractivity contribution is -0.384. The van der Waals surface area contributed by atoms with E-state index in [2.05, 4.69) is 21.2 Å². The third-order valence-corrected chi connectivity index (χ3v) is 4.12. The van der Waals surface area contributed by atoms with Crippen molar-refractivity contribution in [3.8, 4) is 0 Å². The molecule has 0 radical (unpaired) electrons. The standard InChI is InChI=1S/C16H14BrN3O4/c17-13-7-2-1-4-10(13)9-14(15(18)21)19-16(22)11-5-3-6-12(8-11)20(23)24/h1-8,14H,9H2,(H2,18,21)(H,19,22)/t14-/m1/s1. The Bertz CT molecular complexity index is 794. The van der Waals surface area contributed by atoms with Crippen LogP contribution < -0.4 is 11.1 Å². The molecule has 0 unspecified atom stereocenters. The van der Waals surface area contributed by atoms with Gasteiger partial charge in [0.1, 0.15) is 6.04 Å². The number of carbonyl (C=O) groups excluding carboxylic acids is 2. The molecule has 0 saturated heterocycles. The molecule has 3 N–H and O–H groups in total. The number of nitro groups is 1. The van der Waals surface area contributed by atoms with Crippen LogP contribution in [0.25, 0.3) is 0 Å². The number of primary amides is 1. The fourth-order valence-corrected chi connectivity index (χ4v) is 2.56. The molecule has 0 aliphatic heterocycles. The largest absolute Gasteiger partial charge is 0.368 e. The predicted octanol–water partition coefficient (Wildman–Crippen LogP) is 2.18. The average molecular weight is 392 g/mol. The van der Waals surface area contributed by atoms with Crippen molar-refractivity contribution in [3.05, 3.63) is 74.2 Å². The van der Waals surface area contributed by atoms with E-state index in [-0.39, 0.29) is 17.7 Å². The van der Waals surface area contributed by atoms with E-state index in [1.807, 2.05) is 12.1 Å². The molecule has 2 amide bonds. The zero-order valence-corrected chi connectivity index (χ0v) is 14.0. The van der Waals surface area contributed by atoms with Gasteiger partial charge in [-0.1, -0.05) is 40.2 Å². The highest BCUT2D eigenvalue weighted by Crippen LogP contribution is 2.18. The number of non-ortho nitro benzene ring substituents is 1. The lowest BCUT2D eigenvalue weighted by Gasteiger charge is -2.16. The van der Waals surface area contributed by atoms with E-state index in [1.165, 1.54) is 18.2 Å². The zero-order chi connectivity index (χ0) is 17.7. The molecule has 0 heterocycles. The SMILES string of the molecule is NC(=O)[C@@H](Cc1ccccc1Br)NC(=O)c1cccc([N+](=O)[O-])c1. The average Bonchev–Trinajstić information content (AvgIpc) is 2.56. The second-order valence-electron chi connectivity index (χ2n) is 5.03. The van der Waals surface area contributed by atoms with E-state index in [0.29, 0.717) is 0 Å². The molecular weight excluding hydrogens is 378 g/mol. The molecule has 0 saturated carbocycles. The van der Waals surface area contributed by atoms with E-state index in [0.717, 1.165) is 16.1 Å². The van der Waals surface area contributed by atoms with E-state index in [1.54, 1.807) is 12.1 Å². The number of hydrogen-bond donors (Lipinski definition) is 2. The summed E-state index contributed by atoms with van der Waals surface area (Å²) in [5.74, 6) is -1.29. The number of nitrogens with zero attached hydrogens (tertiary/aromatic N) is 1. The molecule has 7 nitrogen and oxygen atoms in total. The molecule has 0 spiro atoms. The maximum Gasteiger partial charge on any atom is 0.270 e. The zero-order valence-electron chi connectivity index (χ0n) is 12.4. The molecule has 2 rings (SSSR count). The summed E-state index contributed by atoms with van der Waals surface area (Å²) in [4.78, 5) is 34.1. The van der Waals surface area contributed by atoms with Crippen molar-refractivity contribution in [2.75, 3.05) is 0 Å². The quantitative estimate of drug-likeness (QED) is 0.579. The number of benzene rings is 2. The highest BCUT2D eigenvalue weighted by Gasteiger charge is 2.21. The summed E-state index contributed by atoms with van der Waals surface area (Å²) in [5, 5.41) is 13.3. The number of hydrogen-bond acceptors (Lipinski definition) is 4. The number of nitrogens with one attached hydrogen (secondary N) is 1. The molecule has 0 aliphatic carbocycles. The Labute approximate surface area is 146 Å². The van der Waals surface area contributed by atoms with Crippen molar-refractivity contribution in [1.82, 2.24) is 5.32 Å². The Kier molecular flexibility index (Phi) is 5.64. The topological polar surface area (TPSA) is 115 Å². The first-order valence-electron chi connectivity index (χ1n) is 6.96. The van der Waals surface area contributed by atoms with E-state index < -0.39 is 22.8 Å². The van der Waals surface area contributed by atoms with E-state index >= 15 is 0 Å². The molecule has 8 heteroatoms. The molecule has 24 heavy (non-hydrogen) atoms. The Hall–Kier alpha value is -2.74. The smallest absolute Gasteiger partial charge is 0.270 e. The minimum absolute atomic E-state index is 0.0857. The lowest BCUT2D eigenvalue weighted by atomic mass is 10.0. The molecule has 2 aromatic carbocycles. The fourth-order valence-electron chi connectivity index (χ4n) is 2.11. The molecule has 0 bridgehead atoms. The van der Waals surface area contributed by atoms with Crippen LogP contribution in [-0.2, 0) is 11.2 Å². The minimum Gasteiger partial charge on any atom is -0.368 e. The number of carbonyl (C=O) groups is 2. The van der Waals surface area contributed by atoms with Crippen molar-refractivity contribution in [3.63, 3.8) is 0 Å². The number of nitrogens with two attached hydrogens (primary N) is 1. The lowest BCUT2D eigenvalue weighted by Crippen LogP contribution is -2.45. The van der Waals surface area contributed by atoms with Crippen LogP contribution in [-0.4, -0.2) is 22.8 Å². The summed E-state index contributed by atoms with van der Waals surface area (Å²) in [6.45, 7) is 0. The van der Waals surface area contributed by atoms with Gasteiger partial charge in [-0.2, -0.15) is 0 Å². The van der Waals surface area contributed by atoms with Crippen LogP contribution >= 0.6 is 15.9 Å². The van der Waals surface area contributed by atoms with Crippen LogP contribution in [0, 0.1) is 10.1 Å². The first kappa shape index (κ1) is 17.6. The van der Waals surface area contributed by atoms with Gasteiger partial charge in [0.25, 0.3) is 11.6 Å². The summed E-state index contributed by atoms with van der Waals surface area (Å²) >= 11 is 3.37. The van der Waals surface area contributed by atoms with Crippen molar-refractivity contribution >= 4 is 33.4 Å². The summed E-state index contributed by atoms with van der Waals surface area (Å²) in [5.41, 5.74) is 6.05. The van der Waals surface area contributed by atoms with Crippen LogP contribution in [0.5, 0.6) is 0 Å². The molecule has 0 aromatic heterocycles. The highest BCUT2D eigenvalue weighted by molar-refractivity contribution is 9.10. The van der Waals surface area contributed by atoms with Gasteiger partial charge in [0.2, 0.25) is 5.91 Å². The molecule has 0 aliphatic rings. The first-order chi connectivity index (χ1) is 11.4. The summed E-state index contributed by atoms with van der Waals surface area (Å²) in [7, 11) is 0. The third kappa shape index (κ3) is 4.39. The highest BCUT2D eigenvalue weighted by atomic mass is 79.9. The van der Waals surface area contributed by atoms with Crippen molar-refractivity contribution < 1.29 is 14.5 Å². The Balaban J connectivity index is 2.17. The van der Waals surface area contributed by atoms with Gasteiger partial charge in [0, 0.05) is 28.6 Å². The van der Waals surface area contributed by atoms with Gasteiger partial charge in [0.15, 0.2) is 0 Å². The number of halogens is 1. The second kappa shape index (κ2) is 7.69. The van der Waals surface area contributed by atoms with Crippen molar-refractivity contribution in [2.24, 2.45) is 5.73 Å². The normalized spacial score (nSPS) is 11.5. The third-order valence-electron chi connectivity index (χ3n) is 3.35. The second-order valence-corrected chi connectivity index (χ2v) is 5.89. The maximum atomic E-state index is 12.3. The summed E-state index contributed by atoms with van der Waals surface area (Å²) < 4.78 is 0.792. The van der Waals surface area contributed by atoms with Gasteiger partial charge in [0.05, 0.1) is 4.92 Å². The Morgan fingerprint density at radius 2 is 1.92 bits per heavy atom. The van der Waals surface area contributed by atoms with Crippen LogP contribution in [0.1, 0.15) is 15.9 Å². The summed E-state index contributed by atoms with van der Waals surface area (Å²) in [6, 6.07) is 11.6. The molecule has 124 valence electrons. The van der Waals surface area contributed by atoms with Gasteiger partial charge < -0.3 is 11.1 Å². The van der Waals surface area contributed by atoms with Crippen molar-refractivity contribution in [1.29, 1.82) is 0 Å². The van der Waals surface area contributed by atoms with Crippen molar-refractivity contribution in [2.45, 2.75) is 12.5 Å². The van der Waals surface area contributed by atoms with E-state index in [9.17, 15) is 19.7 Å².